The Kier molecular flexibility index (Phi) is 1.60. The van der Waals surface area contributed by atoms with Gasteiger partial charge in [0.2, 0.25) is 0 Å². The molecule has 0 aromatic rings. The molecule has 1 saturated carbocycles. The fraction of sp³-hybridized carbons (Fsp3) is 0.875. The molecule has 1 radical (unpaired) electrons. The van der Waals surface area contributed by atoms with Gasteiger partial charge in [-0.1, -0.05) is 6.42 Å². The smallest absolute Gasteiger partial charge is 0.322 e. The topological polar surface area (TPSA) is 51.4 Å². The minimum atomic E-state index is -0.737. The predicted molar refractivity (Wildman–Crippen MR) is 39.3 cm³/mol. The van der Waals surface area contributed by atoms with Gasteiger partial charge in [0, 0.05) is 6.04 Å². The van der Waals surface area contributed by atoms with Gasteiger partial charge < -0.3 is 5.11 Å². The summed E-state index contributed by atoms with van der Waals surface area (Å²) in [6.07, 6.45) is 4.34. The van der Waals surface area contributed by atoms with Gasteiger partial charge >= 0.3 is 5.97 Å². The summed E-state index contributed by atoms with van der Waals surface area (Å²) in [6.45, 7) is 0. The van der Waals surface area contributed by atoms with Gasteiger partial charge in [-0.05, 0) is 25.2 Å². The molecular formula is C8H12NO2. The van der Waals surface area contributed by atoms with E-state index in [-0.39, 0.29) is 6.04 Å². The van der Waals surface area contributed by atoms with Crippen LogP contribution in [0.15, 0.2) is 0 Å². The number of fused-ring (bicyclic) bond motifs is 1. The lowest BCUT2D eigenvalue weighted by molar-refractivity contribution is -0.139. The Morgan fingerprint density at radius 2 is 2.27 bits per heavy atom. The third kappa shape index (κ3) is 1.13. The molecule has 3 nitrogen and oxygen atoms in total. The van der Waals surface area contributed by atoms with E-state index in [1.807, 2.05) is 0 Å². The third-order valence-corrected chi connectivity index (χ3v) is 2.80. The molecule has 0 amide bonds. The molecule has 2 rings (SSSR count). The van der Waals surface area contributed by atoms with Crippen molar-refractivity contribution in [1.82, 2.24) is 5.32 Å². The number of carbonyl (C=O) groups is 1. The van der Waals surface area contributed by atoms with Crippen molar-refractivity contribution < 1.29 is 9.90 Å². The zero-order chi connectivity index (χ0) is 7.84. The molecule has 1 aliphatic heterocycles. The van der Waals surface area contributed by atoms with E-state index in [0.717, 1.165) is 12.8 Å². The van der Waals surface area contributed by atoms with Gasteiger partial charge in [0.05, 0.1) is 0 Å². The first-order chi connectivity index (χ1) is 5.27. The summed E-state index contributed by atoms with van der Waals surface area (Å²) in [5.41, 5.74) is 0. The van der Waals surface area contributed by atoms with Crippen molar-refractivity contribution in [2.75, 3.05) is 0 Å². The number of aliphatic carboxylic acids is 1. The highest BCUT2D eigenvalue weighted by Gasteiger charge is 2.40. The van der Waals surface area contributed by atoms with Crippen LogP contribution >= 0.6 is 0 Å². The molecule has 61 valence electrons. The maximum Gasteiger partial charge on any atom is 0.322 e. The molecule has 3 unspecified atom stereocenters. The largest absolute Gasteiger partial charge is 0.480 e. The highest BCUT2D eigenvalue weighted by Crippen LogP contribution is 2.35. The van der Waals surface area contributed by atoms with Gasteiger partial charge in [-0.15, -0.1) is 0 Å². The number of carboxylic acids is 1. The van der Waals surface area contributed by atoms with Crippen molar-refractivity contribution in [3.8, 4) is 0 Å². The number of hydrogen-bond donors (Lipinski definition) is 1. The maximum atomic E-state index is 10.5. The standard InChI is InChI=1S/C8H12NO2/c10-8(11)7-4-5-2-1-3-6(5)9-7/h5-7H,1-4H2,(H,10,11). The minimum Gasteiger partial charge on any atom is -0.480 e. The molecule has 0 aromatic carbocycles. The van der Waals surface area contributed by atoms with Crippen molar-refractivity contribution in [1.29, 1.82) is 0 Å². The Hall–Kier alpha value is -0.570. The minimum absolute atomic E-state index is 0.384. The molecule has 1 heterocycles. The molecule has 0 aromatic heterocycles. The molecule has 3 heteroatoms. The number of hydrogen-bond acceptors (Lipinski definition) is 1. The molecule has 0 spiro atoms. The van der Waals surface area contributed by atoms with Crippen LogP contribution in [-0.2, 0) is 4.79 Å². The highest BCUT2D eigenvalue weighted by atomic mass is 16.4. The van der Waals surface area contributed by atoms with Gasteiger partial charge in [0.1, 0.15) is 6.04 Å². The van der Waals surface area contributed by atoms with Crippen LogP contribution in [0.5, 0.6) is 0 Å². The fourth-order valence-corrected chi connectivity index (χ4v) is 2.23. The summed E-state index contributed by atoms with van der Waals surface area (Å²) in [4.78, 5) is 10.5. The lowest BCUT2D eigenvalue weighted by Gasteiger charge is -2.04. The first-order valence-electron chi connectivity index (χ1n) is 4.20. The number of carboxylic acid groups (broad SMARTS) is 1. The molecule has 0 bridgehead atoms. The van der Waals surface area contributed by atoms with Gasteiger partial charge in [-0.25, -0.2) is 5.32 Å². The lowest BCUT2D eigenvalue weighted by Crippen LogP contribution is -2.28. The average molecular weight is 154 g/mol. The Balaban J connectivity index is 1.99. The molecule has 2 fully saturated rings. The SMILES string of the molecule is O=C(O)C1CC2CCCC2[N]1. The predicted octanol–water partition coefficient (Wildman–Crippen LogP) is 0.616. The zero-order valence-corrected chi connectivity index (χ0v) is 6.36. The van der Waals surface area contributed by atoms with E-state index in [1.165, 1.54) is 12.8 Å². The van der Waals surface area contributed by atoms with Crippen LogP contribution in [0.25, 0.3) is 0 Å². The van der Waals surface area contributed by atoms with E-state index < -0.39 is 5.97 Å². The summed E-state index contributed by atoms with van der Waals surface area (Å²) in [7, 11) is 0. The van der Waals surface area contributed by atoms with Crippen LogP contribution in [0.4, 0.5) is 0 Å². The maximum absolute atomic E-state index is 10.5. The van der Waals surface area contributed by atoms with Crippen molar-refractivity contribution in [2.24, 2.45) is 5.92 Å². The van der Waals surface area contributed by atoms with Crippen molar-refractivity contribution in [3.05, 3.63) is 0 Å². The van der Waals surface area contributed by atoms with Crippen molar-refractivity contribution in [2.45, 2.75) is 37.8 Å². The number of rotatable bonds is 1. The third-order valence-electron chi connectivity index (χ3n) is 2.80. The van der Waals surface area contributed by atoms with Gasteiger partial charge in [-0.2, -0.15) is 0 Å². The van der Waals surface area contributed by atoms with Gasteiger partial charge in [-0.3, -0.25) is 4.79 Å². The Morgan fingerprint density at radius 3 is 2.91 bits per heavy atom. The summed E-state index contributed by atoms with van der Waals surface area (Å²) in [6, 6.07) is 0.00130. The molecule has 11 heavy (non-hydrogen) atoms. The fourth-order valence-electron chi connectivity index (χ4n) is 2.23. The second-order valence-electron chi connectivity index (χ2n) is 3.50. The van der Waals surface area contributed by atoms with Crippen LogP contribution in [0.2, 0.25) is 0 Å². The monoisotopic (exact) mass is 154 g/mol. The molecule has 3 atom stereocenters. The van der Waals surface area contributed by atoms with Crippen LogP contribution < -0.4 is 5.32 Å². The van der Waals surface area contributed by atoms with Crippen LogP contribution in [0.1, 0.15) is 25.7 Å². The van der Waals surface area contributed by atoms with E-state index in [4.69, 9.17) is 5.11 Å². The Morgan fingerprint density at radius 1 is 1.45 bits per heavy atom. The van der Waals surface area contributed by atoms with Gasteiger partial charge in [0.25, 0.3) is 0 Å². The molecule has 2 aliphatic rings. The Labute approximate surface area is 65.8 Å². The molecule has 1 saturated heterocycles. The zero-order valence-electron chi connectivity index (χ0n) is 6.36. The summed E-state index contributed by atoms with van der Waals surface area (Å²) < 4.78 is 0. The van der Waals surface area contributed by atoms with Crippen LogP contribution in [-0.4, -0.2) is 23.2 Å². The first kappa shape index (κ1) is 7.10. The summed E-state index contributed by atoms with van der Waals surface area (Å²) in [5.74, 6) is -0.143. The lowest BCUT2D eigenvalue weighted by atomic mass is 10.0. The van der Waals surface area contributed by atoms with E-state index in [9.17, 15) is 4.79 Å². The van der Waals surface area contributed by atoms with Gasteiger partial charge in [0.15, 0.2) is 0 Å². The van der Waals surface area contributed by atoms with E-state index in [0.29, 0.717) is 12.0 Å². The molecular weight excluding hydrogens is 142 g/mol. The van der Waals surface area contributed by atoms with Crippen LogP contribution in [0, 0.1) is 5.92 Å². The van der Waals surface area contributed by atoms with E-state index in [1.54, 1.807) is 0 Å². The van der Waals surface area contributed by atoms with E-state index in [2.05, 4.69) is 5.32 Å². The quantitative estimate of drug-likeness (QED) is 0.601. The van der Waals surface area contributed by atoms with Crippen LogP contribution in [0.3, 0.4) is 0 Å². The molecule has 1 aliphatic carbocycles. The second-order valence-corrected chi connectivity index (χ2v) is 3.50. The van der Waals surface area contributed by atoms with Crippen molar-refractivity contribution in [3.63, 3.8) is 0 Å². The second kappa shape index (κ2) is 2.48. The average Bonchev–Trinajstić information content (AvgIpc) is 2.40. The summed E-state index contributed by atoms with van der Waals surface area (Å²) >= 11 is 0. The van der Waals surface area contributed by atoms with Crippen molar-refractivity contribution >= 4 is 5.97 Å². The summed E-state index contributed by atoms with van der Waals surface area (Å²) in [5, 5.41) is 12.9. The normalized spacial score (nSPS) is 42.4. The first-order valence-corrected chi connectivity index (χ1v) is 4.20. The Bertz CT molecular complexity index is 169. The highest BCUT2D eigenvalue weighted by molar-refractivity contribution is 5.73. The number of nitrogens with zero attached hydrogens (tertiary/aromatic N) is 1. The molecule has 1 N–H and O–H groups in total. The van der Waals surface area contributed by atoms with E-state index >= 15 is 0 Å².